The van der Waals surface area contributed by atoms with Crippen LogP contribution < -0.4 is 10.1 Å². The van der Waals surface area contributed by atoms with Crippen molar-refractivity contribution >= 4 is 22.9 Å². The molecular formula is C19H25ClN2OS. The summed E-state index contributed by atoms with van der Waals surface area (Å²) in [5.41, 5.74) is 1.16. The minimum atomic E-state index is 0.198. The molecule has 0 radical (unpaired) electrons. The van der Waals surface area contributed by atoms with E-state index >= 15 is 0 Å². The second kappa shape index (κ2) is 8.34. The average Bonchev–Trinajstić information content (AvgIpc) is 2.90. The van der Waals surface area contributed by atoms with Crippen molar-refractivity contribution in [2.45, 2.75) is 25.8 Å². The van der Waals surface area contributed by atoms with E-state index in [1.165, 1.54) is 9.75 Å². The lowest BCUT2D eigenvalue weighted by molar-refractivity contribution is 0.239. The highest BCUT2D eigenvalue weighted by molar-refractivity contribution is 7.12. The van der Waals surface area contributed by atoms with Crippen LogP contribution in [0.25, 0.3) is 0 Å². The largest absolute Gasteiger partial charge is 0.496 e. The quantitative estimate of drug-likeness (QED) is 0.853. The Labute approximate surface area is 153 Å². The van der Waals surface area contributed by atoms with Gasteiger partial charge in [0.25, 0.3) is 0 Å². The molecule has 5 heteroatoms. The van der Waals surface area contributed by atoms with Gasteiger partial charge in [0.2, 0.25) is 0 Å². The number of methoxy groups -OCH3 is 1. The van der Waals surface area contributed by atoms with Gasteiger partial charge in [0, 0.05) is 40.0 Å². The molecular weight excluding hydrogens is 340 g/mol. The molecule has 3 rings (SSSR count). The molecule has 1 unspecified atom stereocenters. The Kier molecular flexibility index (Phi) is 6.17. The van der Waals surface area contributed by atoms with Crippen LogP contribution in [-0.4, -0.2) is 38.2 Å². The molecule has 1 fully saturated rings. The molecule has 130 valence electrons. The molecule has 0 aliphatic carbocycles. The van der Waals surface area contributed by atoms with Crippen LogP contribution >= 0.6 is 22.9 Å². The smallest absolute Gasteiger partial charge is 0.124 e. The fourth-order valence-corrected chi connectivity index (χ4v) is 4.59. The minimum absolute atomic E-state index is 0.198. The van der Waals surface area contributed by atoms with Crippen molar-refractivity contribution in [3.8, 4) is 5.75 Å². The van der Waals surface area contributed by atoms with Gasteiger partial charge in [-0.2, -0.15) is 0 Å². The van der Waals surface area contributed by atoms with E-state index < -0.39 is 0 Å². The Morgan fingerprint density at radius 1 is 1.25 bits per heavy atom. The van der Waals surface area contributed by atoms with E-state index in [1.54, 1.807) is 7.11 Å². The van der Waals surface area contributed by atoms with Crippen LogP contribution in [-0.2, 0) is 6.42 Å². The molecule has 0 bridgehead atoms. The zero-order chi connectivity index (χ0) is 16.9. The highest BCUT2D eigenvalue weighted by Crippen LogP contribution is 2.39. The summed E-state index contributed by atoms with van der Waals surface area (Å²) in [6, 6.07) is 10.7. The Bertz CT molecular complexity index is 665. The summed E-state index contributed by atoms with van der Waals surface area (Å²) >= 11 is 8.23. The van der Waals surface area contributed by atoms with E-state index in [2.05, 4.69) is 35.3 Å². The van der Waals surface area contributed by atoms with Gasteiger partial charge < -0.3 is 10.1 Å². The number of rotatable bonds is 5. The van der Waals surface area contributed by atoms with Gasteiger partial charge in [-0.3, -0.25) is 4.90 Å². The van der Waals surface area contributed by atoms with Gasteiger partial charge in [0.1, 0.15) is 5.75 Å². The molecule has 2 aromatic rings. The van der Waals surface area contributed by atoms with Crippen molar-refractivity contribution in [1.29, 1.82) is 0 Å². The SMILES string of the molecule is CCc1ccc(C(c2cc(Cl)ccc2OC)N2CCCNCC2)s1. The van der Waals surface area contributed by atoms with E-state index in [1.807, 2.05) is 23.5 Å². The van der Waals surface area contributed by atoms with Crippen LogP contribution in [0.2, 0.25) is 5.02 Å². The van der Waals surface area contributed by atoms with Gasteiger partial charge in [-0.05, 0) is 49.7 Å². The van der Waals surface area contributed by atoms with Crippen molar-refractivity contribution in [3.63, 3.8) is 0 Å². The number of thiophene rings is 1. The van der Waals surface area contributed by atoms with Gasteiger partial charge in [-0.25, -0.2) is 0 Å². The van der Waals surface area contributed by atoms with Crippen molar-refractivity contribution in [2.24, 2.45) is 0 Å². The number of aryl methyl sites for hydroxylation is 1. The predicted molar refractivity (Wildman–Crippen MR) is 103 cm³/mol. The summed E-state index contributed by atoms with van der Waals surface area (Å²) in [5, 5.41) is 4.26. The first-order valence-electron chi connectivity index (χ1n) is 8.59. The zero-order valence-electron chi connectivity index (χ0n) is 14.3. The van der Waals surface area contributed by atoms with Crippen LogP contribution in [0.3, 0.4) is 0 Å². The van der Waals surface area contributed by atoms with Crippen LogP contribution in [0.1, 0.15) is 34.7 Å². The molecule has 1 N–H and O–H groups in total. The van der Waals surface area contributed by atoms with E-state index in [-0.39, 0.29) is 6.04 Å². The standard InChI is InChI=1S/C19H25ClN2OS/c1-3-15-6-8-18(24-15)19(22-11-4-9-21-10-12-22)16-13-14(20)5-7-17(16)23-2/h5-8,13,19,21H,3-4,9-12H2,1-2H3. The van der Waals surface area contributed by atoms with Crippen molar-refractivity contribution < 1.29 is 4.74 Å². The molecule has 1 aromatic heterocycles. The normalized spacial score (nSPS) is 17.5. The lowest BCUT2D eigenvalue weighted by Gasteiger charge is -2.31. The lowest BCUT2D eigenvalue weighted by Crippen LogP contribution is -2.32. The Morgan fingerprint density at radius 2 is 2.12 bits per heavy atom. The number of hydrogen-bond donors (Lipinski definition) is 1. The van der Waals surface area contributed by atoms with Gasteiger partial charge in [-0.15, -0.1) is 11.3 Å². The summed E-state index contributed by atoms with van der Waals surface area (Å²) in [6.45, 7) is 6.42. The van der Waals surface area contributed by atoms with E-state index in [9.17, 15) is 0 Å². The highest BCUT2D eigenvalue weighted by atomic mass is 35.5. The summed E-state index contributed by atoms with van der Waals surface area (Å²) in [6.07, 6.45) is 2.23. The first-order chi connectivity index (χ1) is 11.7. The third-order valence-electron chi connectivity index (χ3n) is 4.53. The third kappa shape index (κ3) is 3.94. The number of ether oxygens (including phenoxy) is 1. The maximum Gasteiger partial charge on any atom is 0.124 e. The predicted octanol–water partition coefficient (Wildman–Crippen LogP) is 4.36. The summed E-state index contributed by atoms with van der Waals surface area (Å²) < 4.78 is 5.66. The number of hydrogen-bond acceptors (Lipinski definition) is 4. The molecule has 0 amide bonds. The average molecular weight is 365 g/mol. The Morgan fingerprint density at radius 3 is 2.88 bits per heavy atom. The summed E-state index contributed by atoms with van der Waals surface area (Å²) in [7, 11) is 1.74. The molecule has 0 saturated carbocycles. The van der Waals surface area contributed by atoms with Gasteiger partial charge >= 0.3 is 0 Å². The van der Waals surface area contributed by atoms with Crippen molar-refractivity contribution in [2.75, 3.05) is 33.3 Å². The second-order valence-electron chi connectivity index (χ2n) is 6.09. The molecule has 1 atom stereocenters. The van der Waals surface area contributed by atoms with E-state index in [0.29, 0.717) is 0 Å². The van der Waals surface area contributed by atoms with Crippen LogP contribution in [0.4, 0.5) is 0 Å². The highest BCUT2D eigenvalue weighted by Gasteiger charge is 2.27. The van der Waals surface area contributed by atoms with Crippen molar-refractivity contribution in [3.05, 3.63) is 50.7 Å². The number of nitrogens with zero attached hydrogens (tertiary/aromatic N) is 1. The molecule has 1 aromatic carbocycles. The topological polar surface area (TPSA) is 24.5 Å². The maximum atomic E-state index is 6.33. The number of benzene rings is 1. The minimum Gasteiger partial charge on any atom is -0.496 e. The molecule has 1 aliphatic heterocycles. The van der Waals surface area contributed by atoms with Crippen molar-refractivity contribution in [1.82, 2.24) is 10.2 Å². The zero-order valence-corrected chi connectivity index (χ0v) is 15.9. The van der Waals surface area contributed by atoms with Crippen LogP contribution in [0.15, 0.2) is 30.3 Å². The second-order valence-corrected chi connectivity index (χ2v) is 7.72. The van der Waals surface area contributed by atoms with Gasteiger partial charge in [0.05, 0.1) is 13.2 Å². The molecule has 2 heterocycles. The summed E-state index contributed by atoms with van der Waals surface area (Å²) in [5.74, 6) is 0.910. The maximum absolute atomic E-state index is 6.33. The molecule has 3 nitrogen and oxygen atoms in total. The first kappa shape index (κ1) is 17.7. The fourth-order valence-electron chi connectivity index (χ4n) is 3.31. The lowest BCUT2D eigenvalue weighted by atomic mass is 10.0. The fraction of sp³-hybridized carbons (Fsp3) is 0.474. The first-order valence-corrected chi connectivity index (χ1v) is 9.79. The number of nitrogens with one attached hydrogen (secondary N) is 1. The Hall–Kier alpha value is -1.07. The third-order valence-corrected chi connectivity index (χ3v) is 6.04. The van der Waals surface area contributed by atoms with Gasteiger partial charge in [0.15, 0.2) is 0 Å². The number of halogens is 1. The van der Waals surface area contributed by atoms with E-state index in [4.69, 9.17) is 16.3 Å². The van der Waals surface area contributed by atoms with E-state index in [0.717, 1.165) is 55.4 Å². The van der Waals surface area contributed by atoms with Crippen LogP contribution in [0.5, 0.6) is 5.75 Å². The Balaban J connectivity index is 2.05. The molecule has 1 saturated heterocycles. The molecule has 0 spiro atoms. The van der Waals surface area contributed by atoms with Crippen LogP contribution in [0, 0.1) is 0 Å². The molecule has 1 aliphatic rings. The monoisotopic (exact) mass is 364 g/mol. The molecule has 24 heavy (non-hydrogen) atoms. The van der Waals surface area contributed by atoms with Gasteiger partial charge in [-0.1, -0.05) is 18.5 Å². The summed E-state index contributed by atoms with van der Waals surface area (Å²) in [4.78, 5) is 5.35.